The van der Waals surface area contributed by atoms with Crippen LogP contribution in [0.2, 0.25) is 0 Å². The van der Waals surface area contributed by atoms with Gasteiger partial charge in [-0.1, -0.05) is 12.8 Å². The number of hydrogen-bond acceptors (Lipinski definition) is 4. The van der Waals surface area contributed by atoms with Crippen molar-refractivity contribution in [3.8, 4) is 11.5 Å². The molecule has 0 N–H and O–H groups in total. The highest BCUT2D eigenvalue weighted by Crippen LogP contribution is 2.24. The van der Waals surface area contributed by atoms with Gasteiger partial charge in [0, 0.05) is 12.4 Å². The van der Waals surface area contributed by atoms with Gasteiger partial charge in [-0.15, -0.1) is 0 Å². The Balaban J connectivity index is 1.66. The van der Waals surface area contributed by atoms with Gasteiger partial charge in [-0.25, -0.2) is 0 Å². The number of aliphatic imine (C=N–C) groups is 2. The van der Waals surface area contributed by atoms with Crippen LogP contribution in [0.1, 0.15) is 36.8 Å². The van der Waals surface area contributed by atoms with Gasteiger partial charge in [-0.2, -0.15) is 0 Å². The van der Waals surface area contributed by atoms with E-state index in [1.165, 1.54) is 12.8 Å². The summed E-state index contributed by atoms with van der Waals surface area (Å²) in [5, 5.41) is 0. The summed E-state index contributed by atoms with van der Waals surface area (Å²) in [5.74, 6) is 1.73. The molecule has 0 amide bonds. The van der Waals surface area contributed by atoms with Crippen LogP contribution < -0.4 is 9.47 Å². The standard InChI is InChI=1S/C22H26N2O2/c1-25-19-11-7-17(8-12-19)15-23-21-5-3-4-6-22(21)24-16-18-9-13-20(26-2)14-10-18/h7-16,21-22H,3-6H2,1-2H3/b23-15+,24-16+/t21-,22?/m1/s1. The third-order valence-corrected chi connectivity index (χ3v) is 4.76. The molecule has 0 radical (unpaired) electrons. The molecule has 0 saturated heterocycles. The number of methoxy groups -OCH3 is 2. The lowest BCUT2D eigenvalue weighted by molar-refractivity contribution is 0.390. The molecule has 0 bridgehead atoms. The molecule has 0 aromatic heterocycles. The summed E-state index contributed by atoms with van der Waals surface area (Å²) in [6, 6.07) is 16.5. The molecule has 3 rings (SSSR count). The van der Waals surface area contributed by atoms with Gasteiger partial charge >= 0.3 is 0 Å². The average Bonchev–Trinajstić information content (AvgIpc) is 2.72. The summed E-state index contributed by atoms with van der Waals surface area (Å²) in [7, 11) is 3.35. The number of ether oxygens (including phenoxy) is 2. The van der Waals surface area contributed by atoms with E-state index in [1.807, 2.05) is 61.0 Å². The van der Waals surface area contributed by atoms with Gasteiger partial charge in [0.05, 0.1) is 26.3 Å². The molecule has 0 aliphatic heterocycles. The summed E-state index contributed by atoms with van der Waals surface area (Å²) in [5.41, 5.74) is 2.18. The summed E-state index contributed by atoms with van der Waals surface area (Å²) < 4.78 is 10.4. The lowest BCUT2D eigenvalue weighted by atomic mass is 9.91. The van der Waals surface area contributed by atoms with Crippen LogP contribution in [-0.4, -0.2) is 38.7 Å². The van der Waals surface area contributed by atoms with Crippen LogP contribution in [0, 0.1) is 0 Å². The lowest BCUT2D eigenvalue weighted by Gasteiger charge is -2.25. The molecule has 1 fully saturated rings. The molecule has 1 saturated carbocycles. The molecule has 0 spiro atoms. The van der Waals surface area contributed by atoms with Crippen LogP contribution in [0.5, 0.6) is 11.5 Å². The Morgan fingerprint density at radius 1 is 0.692 bits per heavy atom. The third kappa shape index (κ3) is 4.94. The maximum absolute atomic E-state index is 5.20. The number of rotatable bonds is 6. The Bertz CT molecular complexity index is 670. The predicted octanol–water partition coefficient (Wildman–Crippen LogP) is 4.55. The molecule has 1 aliphatic rings. The van der Waals surface area contributed by atoms with E-state index in [4.69, 9.17) is 19.5 Å². The molecule has 2 aromatic carbocycles. The fourth-order valence-corrected chi connectivity index (χ4v) is 3.18. The van der Waals surface area contributed by atoms with E-state index in [0.29, 0.717) is 0 Å². The second kappa shape index (κ2) is 9.18. The molecule has 2 aromatic rings. The molecule has 4 nitrogen and oxygen atoms in total. The first-order valence-corrected chi connectivity index (χ1v) is 9.13. The van der Waals surface area contributed by atoms with Crippen LogP contribution in [0.3, 0.4) is 0 Å². The van der Waals surface area contributed by atoms with E-state index in [9.17, 15) is 0 Å². The van der Waals surface area contributed by atoms with Crippen molar-refractivity contribution in [2.75, 3.05) is 14.2 Å². The highest BCUT2D eigenvalue weighted by molar-refractivity contribution is 5.81. The van der Waals surface area contributed by atoms with Crippen LogP contribution in [0.4, 0.5) is 0 Å². The highest BCUT2D eigenvalue weighted by atomic mass is 16.5. The van der Waals surface area contributed by atoms with E-state index in [1.54, 1.807) is 14.2 Å². The first kappa shape index (κ1) is 18.2. The van der Waals surface area contributed by atoms with Crippen LogP contribution in [-0.2, 0) is 0 Å². The van der Waals surface area contributed by atoms with Gasteiger partial charge in [0.2, 0.25) is 0 Å². The van der Waals surface area contributed by atoms with Gasteiger partial charge in [0.1, 0.15) is 11.5 Å². The van der Waals surface area contributed by atoms with E-state index in [2.05, 4.69) is 0 Å². The van der Waals surface area contributed by atoms with Gasteiger partial charge < -0.3 is 9.47 Å². The zero-order valence-corrected chi connectivity index (χ0v) is 15.5. The van der Waals surface area contributed by atoms with Gasteiger partial charge in [0.25, 0.3) is 0 Å². The van der Waals surface area contributed by atoms with Gasteiger partial charge in [-0.3, -0.25) is 9.98 Å². The van der Waals surface area contributed by atoms with Crippen LogP contribution >= 0.6 is 0 Å². The molecule has 0 heterocycles. The predicted molar refractivity (Wildman–Crippen MR) is 107 cm³/mol. The SMILES string of the molecule is COc1ccc(/C=N/C2CCCC[C@H]2/N=C/c2ccc(OC)cc2)cc1. The Kier molecular flexibility index (Phi) is 6.42. The van der Waals surface area contributed by atoms with Crippen LogP contribution in [0.15, 0.2) is 58.5 Å². The summed E-state index contributed by atoms with van der Waals surface area (Å²) in [6.45, 7) is 0. The van der Waals surface area contributed by atoms with E-state index in [0.717, 1.165) is 35.5 Å². The van der Waals surface area contributed by atoms with Crippen molar-refractivity contribution in [2.24, 2.45) is 9.98 Å². The van der Waals surface area contributed by atoms with Crippen molar-refractivity contribution in [3.05, 3.63) is 59.7 Å². The molecule has 1 unspecified atom stereocenters. The fraction of sp³-hybridized carbons (Fsp3) is 0.364. The maximum atomic E-state index is 5.20. The maximum Gasteiger partial charge on any atom is 0.118 e. The monoisotopic (exact) mass is 350 g/mol. The van der Waals surface area contributed by atoms with E-state index >= 15 is 0 Å². The topological polar surface area (TPSA) is 43.2 Å². The second-order valence-electron chi connectivity index (χ2n) is 6.52. The van der Waals surface area contributed by atoms with Crippen molar-refractivity contribution < 1.29 is 9.47 Å². The van der Waals surface area contributed by atoms with Gasteiger partial charge in [-0.05, 0) is 72.5 Å². The molecular weight excluding hydrogens is 324 g/mol. The summed E-state index contributed by atoms with van der Waals surface area (Å²) >= 11 is 0. The minimum Gasteiger partial charge on any atom is -0.497 e. The first-order chi connectivity index (χ1) is 12.8. The van der Waals surface area contributed by atoms with Crippen LogP contribution in [0.25, 0.3) is 0 Å². The molecule has 1 aliphatic carbocycles. The van der Waals surface area contributed by atoms with E-state index < -0.39 is 0 Å². The molecule has 136 valence electrons. The Hall–Kier alpha value is -2.62. The Morgan fingerprint density at radius 2 is 1.08 bits per heavy atom. The fourth-order valence-electron chi connectivity index (χ4n) is 3.18. The van der Waals surface area contributed by atoms with Gasteiger partial charge in [0.15, 0.2) is 0 Å². The largest absolute Gasteiger partial charge is 0.497 e. The zero-order valence-electron chi connectivity index (χ0n) is 15.5. The van der Waals surface area contributed by atoms with E-state index in [-0.39, 0.29) is 12.1 Å². The van der Waals surface area contributed by atoms with Crippen molar-refractivity contribution in [2.45, 2.75) is 37.8 Å². The molecule has 2 atom stereocenters. The number of nitrogens with zero attached hydrogens (tertiary/aromatic N) is 2. The summed E-state index contributed by atoms with van der Waals surface area (Å²) in [4.78, 5) is 9.66. The quantitative estimate of drug-likeness (QED) is 0.717. The van der Waals surface area contributed by atoms with Crippen molar-refractivity contribution >= 4 is 12.4 Å². The minimum atomic E-state index is 0.250. The Morgan fingerprint density at radius 3 is 1.42 bits per heavy atom. The average molecular weight is 350 g/mol. The smallest absolute Gasteiger partial charge is 0.118 e. The van der Waals surface area contributed by atoms with Crippen molar-refractivity contribution in [1.82, 2.24) is 0 Å². The number of benzene rings is 2. The second-order valence-corrected chi connectivity index (χ2v) is 6.52. The summed E-state index contributed by atoms with van der Waals surface area (Å²) in [6.07, 6.45) is 8.56. The minimum absolute atomic E-state index is 0.250. The number of hydrogen-bond donors (Lipinski definition) is 0. The highest BCUT2D eigenvalue weighted by Gasteiger charge is 2.23. The van der Waals surface area contributed by atoms with Crippen molar-refractivity contribution in [3.63, 3.8) is 0 Å². The third-order valence-electron chi connectivity index (χ3n) is 4.76. The first-order valence-electron chi connectivity index (χ1n) is 9.13. The molecule has 4 heteroatoms. The lowest BCUT2D eigenvalue weighted by Crippen LogP contribution is -2.27. The Labute approximate surface area is 155 Å². The molecule has 26 heavy (non-hydrogen) atoms. The zero-order chi connectivity index (χ0) is 18.2. The molecular formula is C22H26N2O2. The normalized spacial score (nSPS) is 20.5. The van der Waals surface area contributed by atoms with Crippen molar-refractivity contribution in [1.29, 1.82) is 0 Å².